The van der Waals surface area contributed by atoms with E-state index in [-0.39, 0.29) is 24.7 Å². The topological polar surface area (TPSA) is 72.9 Å². The van der Waals surface area contributed by atoms with Gasteiger partial charge in [0.1, 0.15) is 5.67 Å². The zero-order valence-corrected chi connectivity index (χ0v) is 15.7. The second-order valence-corrected chi connectivity index (χ2v) is 7.55. The molecule has 0 bridgehead atoms. The molecule has 0 aromatic heterocycles. The summed E-state index contributed by atoms with van der Waals surface area (Å²) in [5, 5.41) is 11.9. The molecule has 1 saturated heterocycles. The lowest BCUT2D eigenvalue weighted by atomic mass is 9.85. The Hall–Kier alpha value is -2.15. The van der Waals surface area contributed by atoms with Crippen molar-refractivity contribution in [3.63, 3.8) is 0 Å². The number of nitrogens with zero attached hydrogens (tertiary/aromatic N) is 2. The normalized spacial score (nSPS) is 24.3. The third kappa shape index (κ3) is 4.58. The molecule has 2 N–H and O–H groups in total. The second-order valence-electron chi connectivity index (χ2n) is 7.55. The number of carboxylic acids is 1. The Labute approximate surface area is 159 Å². The van der Waals surface area contributed by atoms with Crippen molar-refractivity contribution >= 4 is 12.0 Å². The highest BCUT2D eigenvalue weighted by Gasteiger charge is 2.39. The lowest BCUT2D eigenvalue weighted by molar-refractivity contribution is -0.139. The molecule has 1 aliphatic carbocycles. The van der Waals surface area contributed by atoms with E-state index in [1.165, 1.54) is 0 Å². The van der Waals surface area contributed by atoms with Gasteiger partial charge in [-0.15, -0.1) is 0 Å². The lowest BCUT2D eigenvalue weighted by Gasteiger charge is -2.43. The summed E-state index contributed by atoms with van der Waals surface area (Å²) in [5.74, 6) is -0.828. The summed E-state index contributed by atoms with van der Waals surface area (Å²) in [6, 6.07) is 9.29. The molecule has 1 aromatic carbocycles. The molecule has 2 aliphatic rings. The fourth-order valence-corrected chi connectivity index (χ4v) is 4.03. The number of alkyl halides is 1. The van der Waals surface area contributed by atoms with Gasteiger partial charge in [0.2, 0.25) is 0 Å². The number of halogens is 1. The molecule has 6 nitrogen and oxygen atoms in total. The molecule has 1 aliphatic heterocycles. The number of hydrogen-bond donors (Lipinski definition) is 2. The van der Waals surface area contributed by atoms with Crippen LogP contribution in [0.25, 0.3) is 0 Å². The molecule has 148 valence electrons. The molecule has 7 heteroatoms. The van der Waals surface area contributed by atoms with Gasteiger partial charge in [0, 0.05) is 38.0 Å². The Kier molecular flexibility index (Phi) is 5.99. The van der Waals surface area contributed by atoms with Crippen LogP contribution in [-0.2, 0) is 10.5 Å². The van der Waals surface area contributed by atoms with Crippen molar-refractivity contribution in [3.8, 4) is 0 Å². The van der Waals surface area contributed by atoms with Gasteiger partial charge >= 0.3 is 12.0 Å². The molecule has 1 saturated carbocycles. The molecule has 0 atom stereocenters. The van der Waals surface area contributed by atoms with Crippen LogP contribution in [0.1, 0.15) is 38.2 Å². The van der Waals surface area contributed by atoms with E-state index < -0.39 is 11.6 Å². The molecule has 1 aromatic rings. The number of carboxylic acid groups (broad SMARTS) is 1. The van der Waals surface area contributed by atoms with Crippen LogP contribution in [0.3, 0.4) is 0 Å². The van der Waals surface area contributed by atoms with Crippen molar-refractivity contribution in [1.29, 1.82) is 0 Å². The van der Waals surface area contributed by atoms with Gasteiger partial charge in [0.25, 0.3) is 0 Å². The second kappa shape index (κ2) is 8.25. The number of carbonyl (C=O) groups is 2. The average molecular weight is 377 g/mol. The summed E-state index contributed by atoms with van der Waals surface area (Å²) in [5.41, 5.74) is -0.678. The molecule has 27 heavy (non-hydrogen) atoms. The highest BCUT2D eigenvalue weighted by Crippen LogP contribution is 2.37. The molecule has 0 radical (unpaired) electrons. The fraction of sp³-hybridized carbons (Fsp3) is 0.600. The van der Waals surface area contributed by atoms with Gasteiger partial charge in [-0.25, -0.2) is 9.18 Å². The maximum atomic E-state index is 15.2. The Bertz CT molecular complexity index is 656. The summed E-state index contributed by atoms with van der Waals surface area (Å²) >= 11 is 0. The summed E-state index contributed by atoms with van der Waals surface area (Å²) in [6.45, 7) is 3.45. The van der Waals surface area contributed by atoms with Gasteiger partial charge in [0.05, 0.1) is 6.54 Å². The maximum absolute atomic E-state index is 15.2. The SMILES string of the molecule is CCN(CC(=O)O)C1CC(NC(=O)N2CCC(F)(c3ccccc3)CC2)C1. The van der Waals surface area contributed by atoms with Crippen LogP contribution in [0.4, 0.5) is 9.18 Å². The molecule has 2 fully saturated rings. The molecule has 0 spiro atoms. The van der Waals surface area contributed by atoms with Gasteiger partial charge < -0.3 is 15.3 Å². The number of urea groups is 1. The Morgan fingerprint density at radius 1 is 1.26 bits per heavy atom. The van der Waals surface area contributed by atoms with Crippen molar-refractivity contribution in [2.24, 2.45) is 0 Å². The first kappa shape index (κ1) is 19.6. The first-order valence-electron chi connectivity index (χ1n) is 9.67. The molecule has 3 rings (SSSR count). The van der Waals surface area contributed by atoms with Crippen LogP contribution in [0.15, 0.2) is 30.3 Å². The van der Waals surface area contributed by atoms with E-state index in [9.17, 15) is 9.59 Å². The van der Waals surface area contributed by atoms with Gasteiger partial charge in [-0.05, 0) is 24.9 Å². The van der Waals surface area contributed by atoms with Crippen molar-refractivity contribution in [2.45, 2.75) is 50.4 Å². The first-order valence-corrected chi connectivity index (χ1v) is 9.67. The summed E-state index contributed by atoms with van der Waals surface area (Å²) in [6.07, 6.45) is 2.13. The fourth-order valence-electron chi connectivity index (χ4n) is 4.03. The molecule has 2 amide bonds. The summed E-state index contributed by atoms with van der Waals surface area (Å²) < 4.78 is 15.2. The number of nitrogens with one attached hydrogen (secondary N) is 1. The van der Waals surface area contributed by atoms with Crippen molar-refractivity contribution < 1.29 is 19.1 Å². The number of aliphatic carboxylic acids is 1. The standard InChI is InChI=1S/C20H28FN3O3/c1-2-23(14-18(25)26)17-12-16(13-17)22-19(27)24-10-8-20(21,9-11-24)15-6-4-3-5-7-15/h3-7,16-17H,2,8-14H2,1H3,(H,22,27)(H,25,26). The maximum Gasteiger partial charge on any atom is 0.317 e. The number of benzene rings is 1. The minimum atomic E-state index is -1.36. The average Bonchev–Trinajstić information content (AvgIpc) is 2.63. The monoisotopic (exact) mass is 377 g/mol. The van der Waals surface area contributed by atoms with Crippen LogP contribution < -0.4 is 5.32 Å². The van der Waals surface area contributed by atoms with Gasteiger partial charge in [0.15, 0.2) is 0 Å². The van der Waals surface area contributed by atoms with E-state index in [0.29, 0.717) is 38.0 Å². The first-order chi connectivity index (χ1) is 12.9. The van der Waals surface area contributed by atoms with Crippen LogP contribution in [0, 0.1) is 0 Å². The number of amides is 2. The van der Waals surface area contributed by atoms with E-state index in [0.717, 1.165) is 12.8 Å². The minimum Gasteiger partial charge on any atom is -0.480 e. The Balaban J connectivity index is 1.44. The van der Waals surface area contributed by atoms with Crippen molar-refractivity contribution in [1.82, 2.24) is 15.1 Å². The third-order valence-electron chi connectivity index (χ3n) is 5.84. The molecule has 1 heterocycles. The predicted octanol–water partition coefficient (Wildman–Crippen LogP) is 2.59. The Morgan fingerprint density at radius 2 is 1.89 bits per heavy atom. The smallest absolute Gasteiger partial charge is 0.317 e. The predicted molar refractivity (Wildman–Crippen MR) is 100 cm³/mol. The highest BCUT2D eigenvalue weighted by atomic mass is 19.1. The van der Waals surface area contributed by atoms with E-state index in [1.54, 1.807) is 17.0 Å². The van der Waals surface area contributed by atoms with Crippen LogP contribution in [-0.4, -0.2) is 65.2 Å². The van der Waals surface area contributed by atoms with Crippen molar-refractivity contribution in [3.05, 3.63) is 35.9 Å². The number of piperidine rings is 1. The molecular formula is C20H28FN3O3. The number of likely N-dealkylation sites (tertiary alicyclic amines) is 1. The summed E-state index contributed by atoms with van der Waals surface area (Å²) in [7, 11) is 0. The summed E-state index contributed by atoms with van der Waals surface area (Å²) in [4.78, 5) is 26.9. The number of carbonyl (C=O) groups excluding carboxylic acids is 1. The van der Waals surface area contributed by atoms with Crippen molar-refractivity contribution in [2.75, 3.05) is 26.2 Å². The van der Waals surface area contributed by atoms with Crippen LogP contribution in [0.2, 0.25) is 0 Å². The quantitative estimate of drug-likeness (QED) is 0.799. The Morgan fingerprint density at radius 3 is 2.44 bits per heavy atom. The largest absolute Gasteiger partial charge is 0.480 e. The molecular weight excluding hydrogens is 349 g/mol. The van der Waals surface area contributed by atoms with Crippen LogP contribution in [0.5, 0.6) is 0 Å². The zero-order chi connectivity index (χ0) is 19.4. The lowest BCUT2D eigenvalue weighted by Crippen LogP contribution is -2.57. The van der Waals surface area contributed by atoms with E-state index in [2.05, 4.69) is 5.32 Å². The van der Waals surface area contributed by atoms with E-state index in [4.69, 9.17) is 5.11 Å². The third-order valence-corrected chi connectivity index (χ3v) is 5.84. The van der Waals surface area contributed by atoms with Gasteiger partial charge in [-0.1, -0.05) is 37.3 Å². The number of hydrogen-bond acceptors (Lipinski definition) is 3. The van der Waals surface area contributed by atoms with Gasteiger partial charge in [-0.2, -0.15) is 0 Å². The number of likely N-dealkylation sites (N-methyl/N-ethyl adjacent to an activating group) is 1. The molecule has 0 unspecified atom stereocenters. The zero-order valence-electron chi connectivity index (χ0n) is 15.7. The highest BCUT2D eigenvalue weighted by molar-refractivity contribution is 5.75. The minimum absolute atomic E-state index is 0.0338. The van der Waals surface area contributed by atoms with Gasteiger partial charge in [-0.3, -0.25) is 9.69 Å². The van der Waals surface area contributed by atoms with E-state index >= 15 is 4.39 Å². The van der Waals surface area contributed by atoms with E-state index in [1.807, 2.05) is 30.0 Å². The number of rotatable bonds is 6. The van der Waals surface area contributed by atoms with Crippen LogP contribution >= 0.6 is 0 Å².